The standard InChI is InChI=1S/C26H28ClF3N4O4/c1-14(23(36)37)31-22(35)18-11-20-21(12-19(18)27)34(16-5-4-10-25(2,3)13-16)24(33-20)32-15-6-8-17(9-7-15)38-26(28,29)30/h6-9,11-12,14,16H,4-5,10,13H2,1-3H3,(H,31,35)(H,32,33)(H,36,37). The molecule has 3 aromatic rings. The predicted molar refractivity (Wildman–Crippen MR) is 137 cm³/mol. The summed E-state index contributed by atoms with van der Waals surface area (Å²) in [5.74, 6) is -1.73. The molecule has 1 aromatic heterocycles. The maximum absolute atomic E-state index is 12.7. The highest BCUT2D eigenvalue weighted by molar-refractivity contribution is 6.34. The minimum Gasteiger partial charge on any atom is -0.480 e. The van der Waals surface area contributed by atoms with E-state index in [0.717, 1.165) is 25.7 Å². The number of fused-ring (bicyclic) bond motifs is 1. The number of benzene rings is 2. The molecule has 12 heteroatoms. The summed E-state index contributed by atoms with van der Waals surface area (Å²) in [7, 11) is 0. The van der Waals surface area contributed by atoms with Crippen molar-refractivity contribution >= 4 is 46.1 Å². The van der Waals surface area contributed by atoms with Crippen LogP contribution in [-0.2, 0) is 4.79 Å². The summed E-state index contributed by atoms with van der Waals surface area (Å²) < 4.78 is 43.6. The van der Waals surface area contributed by atoms with Crippen molar-refractivity contribution in [1.29, 1.82) is 0 Å². The number of alkyl halides is 3. The van der Waals surface area contributed by atoms with Crippen molar-refractivity contribution in [3.63, 3.8) is 0 Å². The number of amides is 1. The van der Waals surface area contributed by atoms with Gasteiger partial charge in [-0.15, -0.1) is 13.2 Å². The minimum atomic E-state index is -4.79. The summed E-state index contributed by atoms with van der Waals surface area (Å²) in [4.78, 5) is 28.6. The SMILES string of the molecule is CC(NC(=O)c1cc2nc(Nc3ccc(OC(F)(F)F)cc3)n(C3CCCC(C)(C)C3)c2cc1Cl)C(=O)O. The lowest BCUT2D eigenvalue weighted by molar-refractivity contribution is -0.274. The van der Waals surface area contributed by atoms with Gasteiger partial charge in [-0.2, -0.15) is 0 Å². The fraction of sp³-hybridized carbons (Fsp3) is 0.423. The average Bonchev–Trinajstić information content (AvgIpc) is 3.14. The highest BCUT2D eigenvalue weighted by atomic mass is 35.5. The Labute approximate surface area is 222 Å². The number of hydrogen-bond acceptors (Lipinski definition) is 5. The fourth-order valence-corrected chi connectivity index (χ4v) is 5.08. The monoisotopic (exact) mass is 552 g/mol. The van der Waals surface area contributed by atoms with Crippen molar-refractivity contribution in [1.82, 2.24) is 14.9 Å². The molecule has 1 amide bonds. The number of imidazole rings is 1. The number of anilines is 2. The molecule has 1 aliphatic rings. The van der Waals surface area contributed by atoms with Crippen LogP contribution < -0.4 is 15.4 Å². The summed E-state index contributed by atoms with van der Waals surface area (Å²) in [6, 6.07) is 7.41. The molecule has 2 aromatic carbocycles. The Morgan fingerprint density at radius 1 is 1.24 bits per heavy atom. The van der Waals surface area contributed by atoms with E-state index < -0.39 is 24.3 Å². The van der Waals surface area contributed by atoms with Crippen LogP contribution in [-0.4, -0.2) is 38.9 Å². The molecule has 2 unspecified atom stereocenters. The number of carbonyl (C=O) groups excluding carboxylic acids is 1. The number of carbonyl (C=O) groups is 2. The highest BCUT2D eigenvalue weighted by Gasteiger charge is 2.33. The Balaban J connectivity index is 1.74. The Morgan fingerprint density at radius 2 is 1.92 bits per heavy atom. The molecule has 38 heavy (non-hydrogen) atoms. The zero-order valence-corrected chi connectivity index (χ0v) is 21.8. The van der Waals surface area contributed by atoms with Crippen LogP contribution in [0.25, 0.3) is 11.0 Å². The normalized spacial score (nSPS) is 18.1. The molecule has 1 heterocycles. The van der Waals surface area contributed by atoms with Crippen LogP contribution >= 0.6 is 11.6 Å². The van der Waals surface area contributed by atoms with E-state index in [4.69, 9.17) is 21.7 Å². The molecule has 1 saturated carbocycles. The van der Waals surface area contributed by atoms with Crippen molar-refractivity contribution in [2.24, 2.45) is 5.41 Å². The number of carboxylic acid groups (broad SMARTS) is 1. The number of hydrogen-bond donors (Lipinski definition) is 3. The summed E-state index contributed by atoms with van der Waals surface area (Å²) in [6.45, 7) is 5.74. The number of halogens is 4. The molecule has 0 aliphatic heterocycles. The van der Waals surface area contributed by atoms with E-state index in [1.54, 1.807) is 6.07 Å². The largest absolute Gasteiger partial charge is 0.573 e. The van der Waals surface area contributed by atoms with Crippen LogP contribution in [0.5, 0.6) is 5.75 Å². The van der Waals surface area contributed by atoms with Crippen LogP contribution in [0.1, 0.15) is 62.9 Å². The summed E-state index contributed by atoms with van der Waals surface area (Å²) in [5, 5.41) is 14.8. The Kier molecular flexibility index (Phi) is 7.51. The third-order valence-electron chi connectivity index (χ3n) is 6.63. The Bertz CT molecular complexity index is 1360. The van der Waals surface area contributed by atoms with E-state index in [1.165, 1.54) is 37.3 Å². The zero-order chi connectivity index (χ0) is 27.8. The van der Waals surface area contributed by atoms with Crippen molar-refractivity contribution in [2.75, 3.05) is 5.32 Å². The summed E-state index contributed by atoms with van der Waals surface area (Å²) in [5.41, 5.74) is 1.81. The lowest BCUT2D eigenvalue weighted by Gasteiger charge is -2.36. The first-order valence-electron chi connectivity index (χ1n) is 12.1. The number of rotatable bonds is 7. The predicted octanol–water partition coefficient (Wildman–Crippen LogP) is 6.68. The molecule has 0 saturated heterocycles. The molecule has 204 valence electrons. The molecular weight excluding hydrogens is 525 g/mol. The fourth-order valence-electron chi connectivity index (χ4n) is 4.83. The van der Waals surface area contributed by atoms with Crippen LogP contribution in [0.3, 0.4) is 0 Å². The summed E-state index contributed by atoms with van der Waals surface area (Å²) in [6.07, 6.45) is -0.963. The first-order chi connectivity index (χ1) is 17.7. The second-order valence-corrected chi connectivity index (χ2v) is 10.7. The highest BCUT2D eigenvalue weighted by Crippen LogP contribution is 2.44. The lowest BCUT2D eigenvalue weighted by Crippen LogP contribution is -2.38. The second-order valence-electron chi connectivity index (χ2n) is 10.3. The number of ether oxygens (including phenoxy) is 1. The van der Waals surface area contributed by atoms with E-state index >= 15 is 0 Å². The quantitative estimate of drug-likeness (QED) is 0.302. The third kappa shape index (κ3) is 6.32. The van der Waals surface area contributed by atoms with Gasteiger partial charge in [-0.1, -0.05) is 31.9 Å². The molecule has 1 aliphatic carbocycles. The molecule has 0 radical (unpaired) electrons. The van der Waals surface area contributed by atoms with Gasteiger partial charge in [-0.25, -0.2) is 4.98 Å². The smallest absolute Gasteiger partial charge is 0.480 e. The lowest BCUT2D eigenvalue weighted by atomic mass is 9.75. The van der Waals surface area contributed by atoms with Gasteiger partial charge in [0, 0.05) is 11.7 Å². The third-order valence-corrected chi connectivity index (χ3v) is 6.94. The van der Waals surface area contributed by atoms with Gasteiger partial charge in [0.2, 0.25) is 5.95 Å². The Morgan fingerprint density at radius 3 is 2.53 bits per heavy atom. The van der Waals surface area contributed by atoms with E-state index in [1.807, 2.05) is 4.57 Å². The van der Waals surface area contributed by atoms with Crippen LogP contribution in [0.15, 0.2) is 36.4 Å². The number of carboxylic acids is 1. The van der Waals surface area contributed by atoms with Crippen LogP contribution in [0.2, 0.25) is 5.02 Å². The van der Waals surface area contributed by atoms with Crippen molar-refractivity contribution < 1.29 is 32.6 Å². The number of nitrogens with one attached hydrogen (secondary N) is 2. The molecule has 8 nitrogen and oxygen atoms in total. The van der Waals surface area contributed by atoms with E-state index in [9.17, 15) is 22.8 Å². The number of aromatic nitrogens is 2. The van der Waals surface area contributed by atoms with Crippen molar-refractivity contribution in [3.8, 4) is 5.75 Å². The van der Waals surface area contributed by atoms with Crippen molar-refractivity contribution in [2.45, 2.75) is 64.9 Å². The average molecular weight is 553 g/mol. The molecular formula is C26H28ClF3N4O4. The zero-order valence-electron chi connectivity index (χ0n) is 21.0. The molecule has 1 fully saturated rings. The van der Waals surface area contributed by atoms with Gasteiger partial charge in [0.1, 0.15) is 11.8 Å². The number of nitrogens with zero attached hydrogens (tertiary/aromatic N) is 2. The van der Waals surface area contributed by atoms with Crippen LogP contribution in [0, 0.1) is 5.41 Å². The minimum absolute atomic E-state index is 0.0573. The maximum Gasteiger partial charge on any atom is 0.573 e. The van der Waals surface area contributed by atoms with Gasteiger partial charge in [-0.3, -0.25) is 9.59 Å². The molecule has 2 atom stereocenters. The van der Waals surface area contributed by atoms with Gasteiger partial charge in [-0.05, 0) is 68.0 Å². The van der Waals surface area contributed by atoms with E-state index in [-0.39, 0.29) is 27.8 Å². The topological polar surface area (TPSA) is 105 Å². The first-order valence-corrected chi connectivity index (χ1v) is 12.5. The second kappa shape index (κ2) is 10.4. The van der Waals surface area contributed by atoms with Gasteiger partial charge >= 0.3 is 12.3 Å². The molecule has 3 N–H and O–H groups in total. The molecule has 0 bridgehead atoms. The van der Waals surface area contributed by atoms with Gasteiger partial charge in [0.25, 0.3) is 5.91 Å². The van der Waals surface area contributed by atoms with Gasteiger partial charge < -0.3 is 25.0 Å². The summed E-state index contributed by atoms with van der Waals surface area (Å²) >= 11 is 6.49. The number of aliphatic carboxylic acids is 1. The van der Waals surface area contributed by atoms with Crippen LogP contribution in [0.4, 0.5) is 24.8 Å². The first kappa shape index (κ1) is 27.6. The van der Waals surface area contributed by atoms with E-state index in [0.29, 0.717) is 22.7 Å². The molecule has 0 spiro atoms. The van der Waals surface area contributed by atoms with E-state index in [2.05, 4.69) is 29.2 Å². The van der Waals surface area contributed by atoms with Crippen molar-refractivity contribution in [3.05, 3.63) is 47.0 Å². The Hall–Kier alpha value is -3.47. The molecule has 4 rings (SSSR count). The maximum atomic E-state index is 12.7. The van der Waals surface area contributed by atoms with Gasteiger partial charge in [0.05, 0.1) is 21.6 Å². The van der Waals surface area contributed by atoms with Gasteiger partial charge in [0.15, 0.2) is 0 Å².